The van der Waals surface area contributed by atoms with E-state index >= 15 is 0 Å². The summed E-state index contributed by atoms with van der Waals surface area (Å²) in [6.07, 6.45) is 0.281. The van der Waals surface area contributed by atoms with Gasteiger partial charge in [0.15, 0.2) is 0 Å². The lowest BCUT2D eigenvalue weighted by Crippen LogP contribution is -2.12. The van der Waals surface area contributed by atoms with E-state index in [1.54, 1.807) is 6.92 Å². The number of oxime groups is 1. The topological polar surface area (TPSA) is 59.9 Å². The highest BCUT2D eigenvalue weighted by Crippen LogP contribution is 2.26. The second-order valence-corrected chi connectivity index (χ2v) is 5.47. The van der Waals surface area contributed by atoms with E-state index in [1.807, 2.05) is 49.4 Å². The quantitative estimate of drug-likeness (QED) is 0.531. The van der Waals surface area contributed by atoms with E-state index in [4.69, 9.17) is 9.57 Å². The summed E-state index contributed by atoms with van der Waals surface area (Å²) in [6, 6.07) is 13.3. The second-order valence-electron chi connectivity index (χ2n) is 5.47. The molecule has 0 atom stereocenters. The third kappa shape index (κ3) is 3.69. The predicted octanol–water partition coefficient (Wildman–Crippen LogP) is 3.90. The van der Waals surface area contributed by atoms with Crippen LogP contribution in [0.15, 0.2) is 47.6 Å². The Morgan fingerprint density at radius 2 is 2.00 bits per heavy atom. The van der Waals surface area contributed by atoms with E-state index in [0.717, 1.165) is 28.9 Å². The Balaban J connectivity index is 1.62. The molecule has 23 heavy (non-hydrogen) atoms. The van der Waals surface area contributed by atoms with Crippen LogP contribution in [0.3, 0.4) is 0 Å². The van der Waals surface area contributed by atoms with Gasteiger partial charge in [-0.2, -0.15) is 0 Å². The maximum atomic E-state index is 11.8. The van der Waals surface area contributed by atoms with Gasteiger partial charge < -0.3 is 4.74 Å². The fraction of sp³-hybridized carbons (Fsp3) is 0.222. The molecule has 0 aromatic heterocycles. The van der Waals surface area contributed by atoms with Crippen molar-refractivity contribution in [3.05, 3.63) is 59.2 Å². The van der Waals surface area contributed by atoms with Crippen molar-refractivity contribution < 1.29 is 14.4 Å². The highest BCUT2D eigenvalue weighted by atomic mass is 16.7. The zero-order valence-corrected chi connectivity index (χ0v) is 13.1. The van der Waals surface area contributed by atoms with E-state index in [9.17, 15) is 4.79 Å². The Hall–Kier alpha value is -2.82. The van der Waals surface area contributed by atoms with E-state index in [2.05, 4.69) is 10.5 Å². The maximum absolute atomic E-state index is 11.8. The van der Waals surface area contributed by atoms with Gasteiger partial charge in [-0.1, -0.05) is 22.9 Å². The smallest absolute Gasteiger partial charge is 0.437 e. The van der Waals surface area contributed by atoms with Crippen LogP contribution in [-0.2, 0) is 11.3 Å². The number of benzene rings is 2. The first kappa shape index (κ1) is 15.1. The van der Waals surface area contributed by atoms with Crippen LogP contribution in [0.4, 0.5) is 10.5 Å². The van der Waals surface area contributed by atoms with Crippen molar-refractivity contribution >= 4 is 17.5 Å². The lowest BCUT2D eigenvalue weighted by atomic mass is 10.1. The molecular weight excluding hydrogens is 292 g/mol. The fourth-order valence-corrected chi connectivity index (χ4v) is 2.35. The molecule has 0 saturated heterocycles. The van der Waals surface area contributed by atoms with Gasteiger partial charge in [-0.3, -0.25) is 10.2 Å². The van der Waals surface area contributed by atoms with Crippen LogP contribution in [0.2, 0.25) is 0 Å². The SMILES string of the molecule is C/C(=N/OC(=O)Nc1ccc(C)cc1)c1ccc2c(c1)CCO2. The van der Waals surface area contributed by atoms with Gasteiger partial charge in [0.05, 0.1) is 12.3 Å². The molecule has 2 aromatic carbocycles. The van der Waals surface area contributed by atoms with Crippen molar-refractivity contribution in [2.45, 2.75) is 20.3 Å². The molecule has 0 fully saturated rings. The average molecular weight is 310 g/mol. The van der Waals surface area contributed by atoms with E-state index in [0.29, 0.717) is 18.0 Å². The number of amides is 1. The fourth-order valence-electron chi connectivity index (χ4n) is 2.35. The predicted molar refractivity (Wildman–Crippen MR) is 89.1 cm³/mol. The summed E-state index contributed by atoms with van der Waals surface area (Å²) >= 11 is 0. The summed E-state index contributed by atoms with van der Waals surface area (Å²) in [5, 5.41) is 6.53. The van der Waals surface area contributed by atoms with Crippen LogP contribution < -0.4 is 10.1 Å². The lowest BCUT2D eigenvalue weighted by Gasteiger charge is -2.05. The minimum absolute atomic E-state index is 0.613. The first-order valence-corrected chi connectivity index (χ1v) is 7.47. The summed E-state index contributed by atoms with van der Waals surface area (Å²) in [4.78, 5) is 16.7. The summed E-state index contributed by atoms with van der Waals surface area (Å²) in [6.45, 7) is 4.50. The third-order valence-electron chi connectivity index (χ3n) is 3.67. The van der Waals surface area contributed by atoms with Gasteiger partial charge in [0.25, 0.3) is 0 Å². The molecule has 1 heterocycles. The molecule has 5 nitrogen and oxygen atoms in total. The van der Waals surface area contributed by atoms with Crippen molar-refractivity contribution in [2.24, 2.45) is 5.16 Å². The normalized spacial score (nSPS) is 13.2. The molecule has 0 aliphatic carbocycles. The Labute approximate surface area is 134 Å². The summed E-state index contributed by atoms with van der Waals surface area (Å²) in [7, 11) is 0. The number of anilines is 1. The molecule has 2 aromatic rings. The van der Waals surface area contributed by atoms with E-state index < -0.39 is 6.09 Å². The molecule has 1 N–H and O–H groups in total. The average Bonchev–Trinajstić information content (AvgIpc) is 3.02. The highest BCUT2D eigenvalue weighted by Gasteiger charge is 2.13. The number of carbonyl (C=O) groups excluding carboxylic acids is 1. The number of carbonyl (C=O) groups is 1. The van der Waals surface area contributed by atoms with Crippen molar-refractivity contribution in [3.63, 3.8) is 0 Å². The molecule has 0 spiro atoms. The lowest BCUT2D eigenvalue weighted by molar-refractivity contribution is 0.166. The molecular formula is C18H18N2O3. The zero-order valence-electron chi connectivity index (χ0n) is 13.1. The van der Waals surface area contributed by atoms with Gasteiger partial charge in [0.1, 0.15) is 5.75 Å². The minimum Gasteiger partial charge on any atom is -0.493 e. The standard InChI is InChI=1S/C18H18N2O3/c1-12-3-6-16(7-4-12)19-18(21)23-20-13(2)14-5-8-17-15(11-14)9-10-22-17/h3-8,11H,9-10H2,1-2H3,(H,19,21)/b20-13-. The molecule has 5 heteroatoms. The monoisotopic (exact) mass is 310 g/mol. The number of hydrogen-bond acceptors (Lipinski definition) is 4. The largest absolute Gasteiger partial charge is 0.493 e. The van der Waals surface area contributed by atoms with Crippen LogP contribution >= 0.6 is 0 Å². The van der Waals surface area contributed by atoms with Crippen LogP contribution in [0.1, 0.15) is 23.6 Å². The molecule has 3 rings (SSSR count). The Morgan fingerprint density at radius 1 is 1.22 bits per heavy atom. The number of aryl methyl sites for hydroxylation is 1. The Morgan fingerprint density at radius 3 is 2.78 bits per heavy atom. The molecule has 1 amide bonds. The molecule has 0 saturated carbocycles. The summed E-state index contributed by atoms with van der Waals surface area (Å²) < 4.78 is 5.47. The Kier molecular flexibility index (Phi) is 4.28. The number of ether oxygens (including phenoxy) is 1. The number of rotatable bonds is 3. The summed E-state index contributed by atoms with van der Waals surface area (Å²) in [5.74, 6) is 0.916. The molecule has 1 aliphatic heterocycles. The van der Waals surface area contributed by atoms with Crippen LogP contribution in [0.25, 0.3) is 0 Å². The minimum atomic E-state index is -0.613. The molecule has 0 unspecified atom stereocenters. The third-order valence-corrected chi connectivity index (χ3v) is 3.67. The van der Waals surface area contributed by atoms with Crippen molar-refractivity contribution in [1.29, 1.82) is 0 Å². The van der Waals surface area contributed by atoms with Gasteiger partial charge >= 0.3 is 6.09 Å². The van der Waals surface area contributed by atoms with Gasteiger partial charge in [0.2, 0.25) is 0 Å². The molecule has 0 radical (unpaired) electrons. The first-order chi connectivity index (χ1) is 11.1. The van der Waals surface area contributed by atoms with Crippen LogP contribution in [-0.4, -0.2) is 18.4 Å². The van der Waals surface area contributed by atoms with Crippen LogP contribution in [0, 0.1) is 6.92 Å². The number of fused-ring (bicyclic) bond motifs is 1. The van der Waals surface area contributed by atoms with E-state index in [-0.39, 0.29) is 0 Å². The van der Waals surface area contributed by atoms with Gasteiger partial charge in [0, 0.05) is 12.1 Å². The molecule has 0 bridgehead atoms. The number of nitrogens with zero attached hydrogens (tertiary/aromatic N) is 1. The van der Waals surface area contributed by atoms with Crippen molar-refractivity contribution in [2.75, 3.05) is 11.9 Å². The van der Waals surface area contributed by atoms with E-state index in [1.165, 1.54) is 0 Å². The maximum Gasteiger partial charge on any atom is 0.437 e. The van der Waals surface area contributed by atoms with Crippen molar-refractivity contribution in [1.82, 2.24) is 0 Å². The molecule has 118 valence electrons. The zero-order chi connectivity index (χ0) is 16.2. The first-order valence-electron chi connectivity index (χ1n) is 7.47. The highest BCUT2D eigenvalue weighted by molar-refractivity contribution is 5.99. The molecule has 1 aliphatic rings. The second kappa shape index (κ2) is 6.52. The summed E-state index contributed by atoms with van der Waals surface area (Å²) in [5.41, 5.74) is 4.50. The van der Waals surface area contributed by atoms with Crippen LogP contribution in [0.5, 0.6) is 5.75 Å². The van der Waals surface area contributed by atoms with Crippen molar-refractivity contribution in [3.8, 4) is 5.75 Å². The van der Waals surface area contributed by atoms with Gasteiger partial charge in [-0.15, -0.1) is 0 Å². The van der Waals surface area contributed by atoms with Gasteiger partial charge in [-0.05, 0) is 55.3 Å². The van der Waals surface area contributed by atoms with Gasteiger partial charge in [-0.25, -0.2) is 4.79 Å². The Bertz CT molecular complexity index is 751. The number of nitrogens with one attached hydrogen (secondary N) is 1. The number of hydrogen-bond donors (Lipinski definition) is 1.